The lowest BCUT2D eigenvalue weighted by molar-refractivity contribution is -0.140. The second kappa shape index (κ2) is 8.54. The topological polar surface area (TPSA) is 90.3 Å². The summed E-state index contributed by atoms with van der Waals surface area (Å²) >= 11 is 0. The van der Waals surface area contributed by atoms with Gasteiger partial charge in [-0.2, -0.15) is 0 Å². The smallest absolute Gasteiger partial charge is 0.295 e. The minimum Gasteiger partial charge on any atom is -0.507 e. The van der Waals surface area contributed by atoms with Crippen LogP contribution in [0, 0.1) is 5.82 Å². The third-order valence-corrected chi connectivity index (χ3v) is 4.99. The minimum absolute atomic E-state index is 0.0530. The summed E-state index contributed by atoms with van der Waals surface area (Å²) in [5.74, 6) is -2.94. The highest BCUT2D eigenvalue weighted by molar-refractivity contribution is 6.46. The third-order valence-electron chi connectivity index (χ3n) is 4.99. The van der Waals surface area contributed by atoms with Crippen LogP contribution < -0.4 is 4.74 Å². The molecule has 0 aliphatic carbocycles. The number of Topliss-reactive ketones (excluding diaryl/α,β-unsaturated/α-hetero) is 1. The van der Waals surface area contributed by atoms with Crippen LogP contribution in [-0.4, -0.2) is 66.0 Å². The highest BCUT2D eigenvalue weighted by atomic mass is 19.1. The summed E-state index contributed by atoms with van der Waals surface area (Å²) in [4.78, 5) is 28.7. The molecule has 1 aliphatic rings. The molecule has 0 saturated carbocycles. The molecule has 1 saturated heterocycles. The number of phenolic OH excluding ortho intramolecular Hbond substituents is 1. The number of hydrogen-bond donors (Lipinski definition) is 2. The highest BCUT2D eigenvalue weighted by Gasteiger charge is 2.47. The van der Waals surface area contributed by atoms with Crippen molar-refractivity contribution >= 4 is 17.4 Å². The second-order valence-electron chi connectivity index (χ2n) is 7.20. The van der Waals surface area contributed by atoms with E-state index in [-0.39, 0.29) is 29.0 Å². The number of rotatable bonds is 6. The van der Waals surface area contributed by atoms with Crippen molar-refractivity contribution in [1.29, 1.82) is 0 Å². The molecule has 30 heavy (non-hydrogen) atoms. The normalized spacial score (nSPS) is 18.3. The van der Waals surface area contributed by atoms with Gasteiger partial charge in [-0.1, -0.05) is 18.2 Å². The molecule has 1 heterocycles. The average Bonchev–Trinajstić information content (AvgIpc) is 2.96. The van der Waals surface area contributed by atoms with Crippen LogP contribution in [-0.2, 0) is 9.59 Å². The predicted molar refractivity (Wildman–Crippen MR) is 109 cm³/mol. The van der Waals surface area contributed by atoms with Crippen molar-refractivity contribution in [3.63, 3.8) is 0 Å². The number of likely N-dealkylation sites (N-methyl/N-ethyl adjacent to an activating group) is 1. The van der Waals surface area contributed by atoms with Crippen molar-refractivity contribution in [3.8, 4) is 11.5 Å². The quantitative estimate of drug-likeness (QED) is 0.429. The Morgan fingerprint density at radius 2 is 1.90 bits per heavy atom. The standard InChI is InChI=1S/C22H23FN2O5/c1-24(2)10-11-25-19(14-6-4-5-7-16(14)23)18(21(28)22(25)29)20(27)15-9-8-13(30-3)12-17(15)26/h4-9,12,19,26-27H,10-11H2,1-3H3/b20-18+. The summed E-state index contributed by atoms with van der Waals surface area (Å²) in [6.45, 7) is 0.591. The Balaban J connectivity index is 2.19. The van der Waals surface area contributed by atoms with Gasteiger partial charge in [-0.15, -0.1) is 0 Å². The Morgan fingerprint density at radius 3 is 2.50 bits per heavy atom. The maximum atomic E-state index is 14.7. The molecule has 8 heteroatoms. The Morgan fingerprint density at radius 1 is 1.20 bits per heavy atom. The van der Waals surface area contributed by atoms with Gasteiger partial charge in [0.05, 0.1) is 24.3 Å². The molecule has 0 radical (unpaired) electrons. The second-order valence-corrected chi connectivity index (χ2v) is 7.20. The van der Waals surface area contributed by atoms with E-state index in [1.807, 2.05) is 19.0 Å². The molecular weight excluding hydrogens is 391 g/mol. The lowest BCUT2D eigenvalue weighted by atomic mass is 9.94. The SMILES string of the molecule is COc1ccc(/C(O)=C2\C(=O)C(=O)N(CCN(C)C)C2c2ccccc2F)c(O)c1. The van der Waals surface area contributed by atoms with E-state index in [2.05, 4.69) is 0 Å². The van der Waals surface area contributed by atoms with Gasteiger partial charge in [0.25, 0.3) is 11.7 Å². The molecule has 1 fully saturated rings. The maximum absolute atomic E-state index is 14.7. The number of amides is 1. The number of phenols is 1. The van der Waals surface area contributed by atoms with Crippen LogP contribution in [0.3, 0.4) is 0 Å². The Labute approximate surface area is 173 Å². The molecule has 1 atom stereocenters. The molecule has 0 spiro atoms. The number of hydrogen-bond acceptors (Lipinski definition) is 6. The Hall–Kier alpha value is -3.39. The number of ketones is 1. The number of carbonyl (C=O) groups excluding carboxylic acids is 2. The number of methoxy groups -OCH3 is 1. The maximum Gasteiger partial charge on any atom is 0.295 e. The summed E-state index contributed by atoms with van der Waals surface area (Å²) < 4.78 is 19.7. The number of aliphatic hydroxyl groups is 1. The van der Waals surface area contributed by atoms with Gasteiger partial charge < -0.3 is 24.7 Å². The minimum atomic E-state index is -1.12. The molecule has 2 aromatic carbocycles. The third kappa shape index (κ3) is 3.86. The Bertz CT molecular complexity index is 1020. The number of halogens is 1. The lowest BCUT2D eigenvalue weighted by Gasteiger charge is -2.26. The number of benzene rings is 2. The summed E-state index contributed by atoms with van der Waals surface area (Å²) in [6, 6.07) is 8.81. The van der Waals surface area contributed by atoms with E-state index in [9.17, 15) is 24.2 Å². The average molecular weight is 414 g/mol. The van der Waals surface area contributed by atoms with Gasteiger partial charge in [0.1, 0.15) is 23.1 Å². The van der Waals surface area contributed by atoms with Crippen molar-refractivity contribution in [2.24, 2.45) is 0 Å². The summed E-state index contributed by atoms with van der Waals surface area (Å²) in [5.41, 5.74) is -0.239. The van der Waals surface area contributed by atoms with Crippen LogP contribution >= 0.6 is 0 Å². The van der Waals surface area contributed by atoms with E-state index in [0.717, 1.165) is 0 Å². The summed E-state index contributed by atoms with van der Waals surface area (Å²) in [6.07, 6.45) is 0. The first kappa shape index (κ1) is 21.3. The van der Waals surface area contributed by atoms with E-state index < -0.39 is 29.3 Å². The van der Waals surface area contributed by atoms with Gasteiger partial charge in [0.15, 0.2) is 0 Å². The lowest BCUT2D eigenvalue weighted by Crippen LogP contribution is -2.35. The molecule has 2 N–H and O–H groups in total. The van der Waals surface area contributed by atoms with Crippen molar-refractivity contribution in [1.82, 2.24) is 9.80 Å². The number of nitrogens with zero attached hydrogens (tertiary/aromatic N) is 2. The van der Waals surface area contributed by atoms with Crippen molar-refractivity contribution in [3.05, 3.63) is 65.0 Å². The molecule has 7 nitrogen and oxygen atoms in total. The van der Waals surface area contributed by atoms with E-state index in [1.165, 1.54) is 48.4 Å². The molecule has 1 unspecified atom stereocenters. The van der Waals surface area contributed by atoms with Gasteiger partial charge in [-0.3, -0.25) is 9.59 Å². The van der Waals surface area contributed by atoms with Crippen molar-refractivity contribution in [2.75, 3.05) is 34.3 Å². The van der Waals surface area contributed by atoms with E-state index in [4.69, 9.17) is 4.74 Å². The van der Waals surface area contributed by atoms with Gasteiger partial charge in [-0.05, 0) is 32.3 Å². The first-order valence-electron chi connectivity index (χ1n) is 9.31. The fourth-order valence-electron chi connectivity index (χ4n) is 3.42. The van der Waals surface area contributed by atoms with Crippen LogP contribution in [0.1, 0.15) is 17.2 Å². The molecule has 0 aromatic heterocycles. The van der Waals surface area contributed by atoms with Crippen LogP contribution in [0.25, 0.3) is 5.76 Å². The summed E-state index contributed by atoms with van der Waals surface area (Å²) in [7, 11) is 5.04. The molecule has 0 bridgehead atoms. The van der Waals surface area contributed by atoms with Gasteiger partial charge in [0, 0.05) is 24.7 Å². The zero-order chi connectivity index (χ0) is 22.0. The van der Waals surface area contributed by atoms with Gasteiger partial charge in [0.2, 0.25) is 0 Å². The highest BCUT2D eigenvalue weighted by Crippen LogP contribution is 2.41. The number of likely N-dealkylation sites (tertiary alicyclic amines) is 1. The van der Waals surface area contributed by atoms with Crippen LogP contribution in [0.4, 0.5) is 4.39 Å². The molecule has 1 aliphatic heterocycles. The van der Waals surface area contributed by atoms with E-state index in [1.54, 1.807) is 6.07 Å². The number of carbonyl (C=O) groups is 2. The fourth-order valence-corrected chi connectivity index (χ4v) is 3.42. The van der Waals surface area contributed by atoms with Crippen LogP contribution in [0.2, 0.25) is 0 Å². The number of ether oxygens (including phenoxy) is 1. The first-order chi connectivity index (χ1) is 14.3. The van der Waals surface area contributed by atoms with Crippen molar-refractivity contribution in [2.45, 2.75) is 6.04 Å². The van der Waals surface area contributed by atoms with Crippen LogP contribution in [0.5, 0.6) is 11.5 Å². The van der Waals surface area contributed by atoms with Gasteiger partial charge in [-0.25, -0.2) is 4.39 Å². The van der Waals surface area contributed by atoms with E-state index in [0.29, 0.717) is 12.3 Å². The monoisotopic (exact) mass is 414 g/mol. The predicted octanol–water partition coefficient (Wildman–Crippen LogP) is 2.52. The molecule has 1 amide bonds. The largest absolute Gasteiger partial charge is 0.507 e. The van der Waals surface area contributed by atoms with Crippen LogP contribution in [0.15, 0.2) is 48.0 Å². The first-order valence-corrected chi connectivity index (χ1v) is 9.31. The fraction of sp³-hybridized carbons (Fsp3) is 0.273. The van der Waals surface area contributed by atoms with Crippen molar-refractivity contribution < 1.29 is 28.9 Å². The summed E-state index contributed by atoms with van der Waals surface area (Å²) in [5, 5.41) is 21.2. The molecule has 3 rings (SSSR count). The van der Waals surface area contributed by atoms with E-state index >= 15 is 0 Å². The zero-order valence-electron chi connectivity index (χ0n) is 16.9. The Kier molecular flexibility index (Phi) is 6.07. The molecular formula is C22H23FN2O5. The number of aliphatic hydroxyl groups excluding tert-OH is 1. The molecule has 2 aromatic rings. The number of aromatic hydroxyl groups is 1. The van der Waals surface area contributed by atoms with Gasteiger partial charge >= 0.3 is 0 Å². The zero-order valence-corrected chi connectivity index (χ0v) is 16.9. The molecule has 158 valence electrons.